The zero-order chi connectivity index (χ0) is 12.5. The van der Waals surface area contributed by atoms with E-state index in [9.17, 15) is 5.11 Å². The van der Waals surface area contributed by atoms with E-state index in [0.29, 0.717) is 11.1 Å². The van der Waals surface area contributed by atoms with Crippen LogP contribution in [0.1, 0.15) is 0 Å². The first-order valence-corrected chi connectivity index (χ1v) is 6.37. The van der Waals surface area contributed by atoms with Gasteiger partial charge in [0.05, 0.1) is 17.7 Å². The molecular weight excluding hydrogens is 246 g/mol. The standard InChI is InChI=1S/C14H11NO2S/c1-17-12-5-4-9-7-11(13-3-2-6-18-13)15-8-10(9)14(12)16/h2-8,16H,1H3. The highest BCUT2D eigenvalue weighted by atomic mass is 32.1. The first-order chi connectivity index (χ1) is 8.79. The first kappa shape index (κ1) is 11.0. The van der Waals surface area contributed by atoms with E-state index >= 15 is 0 Å². The van der Waals surface area contributed by atoms with E-state index in [1.165, 1.54) is 7.11 Å². The summed E-state index contributed by atoms with van der Waals surface area (Å²) in [6.07, 6.45) is 1.68. The average molecular weight is 257 g/mol. The number of aromatic nitrogens is 1. The molecule has 0 bridgehead atoms. The van der Waals surface area contributed by atoms with Gasteiger partial charge in [0.25, 0.3) is 0 Å². The Morgan fingerprint density at radius 2 is 2.17 bits per heavy atom. The van der Waals surface area contributed by atoms with Gasteiger partial charge >= 0.3 is 0 Å². The largest absolute Gasteiger partial charge is 0.504 e. The van der Waals surface area contributed by atoms with Gasteiger partial charge in [-0.1, -0.05) is 12.1 Å². The molecule has 0 radical (unpaired) electrons. The Balaban J connectivity index is 2.20. The first-order valence-electron chi connectivity index (χ1n) is 5.49. The second kappa shape index (κ2) is 4.31. The van der Waals surface area contributed by atoms with Crippen LogP contribution in [0.25, 0.3) is 21.3 Å². The molecule has 1 N–H and O–H groups in total. The molecular formula is C14H11NO2S. The third-order valence-corrected chi connectivity index (χ3v) is 3.72. The molecule has 0 amide bonds. The second-order valence-corrected chi connectivity index (χ2v) is 4.83. The van der Waals surface area contributed by atoms with Crippen molar-refractivity contribution in [1.29, 1.82) is 0 Å². The van der Waals surface area contributed by atoms with E-state index in [2.05, 4.69) is 4.98 Å². The Hall–Kier alpha value is -2.07. The number of phenolic OH excluding ortho intramolecular Hbond substituents is 1. The molecule has 0 saturated carbocycles. The number of methoxy groups -OCH3 is 1. The maximum atomic E-state index is 10.0. The maximum absolute atomic E-state index is 10.0. The Morgan fingerprint density at radius 1 is 1.28 bits per heavy atom. The summed E-state index contributed by atoms with van der Waals surface area (Å²) in [5, 5.41) is 13.7. The van der Waals surface area contributed by atoms with E-state index in [1.807, 2.05) is 29.6 Å². The van der Waals surface area contributed by atoms with Crippen LogP contribution in [0.2, 0.25) is 0 Å². The molecule has 0 spiro atoms. The van der Waals surface area contributed by atoms with Crippen molar-refractivity contribution < 1.29 is 9.84 Å². The van der Waals surface area contributed by atoms with Gasteiger partial charge in [0.15, 0.2) is 11.5 Å². The van der Waals surface area contributed by atoms with Gasteiger partial charge in [0.1, 0.15) is 0 Å². The number of thiophene rings is 1. The molecule has 3 aromatic rings. The van der Waals surface area contributed by atoms with Gasteiger partial charge in [-0.2, -0.15) is 0 Å². The van der Waals surface area contributed by atoms with Crippen molar-refractivity contribution >= 4 is 22.1 Å². The third kappa shape index (κ3) is 1.71. The molecule has 3 nitrogen and oxygen atoms in total. The van der Waals surface area contributed by atoms with Crippen LogP contribution >= 0.6 is 11.3 Å². The number of phenols is 1. The SMILES string of the molecule is COc1ccc2cc(-c3cccs3)ncc2c1O. The lowest BCUT2D eigenvalue weighted by Gasteiger charge is -2.07. The molecule has 2 aromatic heterocycles. The van der Waals surface area contributed by atoms with Crippen molar-refractivity contribution in [3.8, 4) is 22.1 Å². The lowest BCUT2D eigenvalue weighted by molar-refractivity contribution is 0.376. The summed E-state index contributed by atoms with van der Waals surface area (Å²) in [5.74, 6) is 0.605. The zero-order valence-electron chi connectivity index (χ0n) is 9.75. The number of rotatable bonds is 2. The number of pyridine rings is 1. The number of nitrogens with zero attached hydrogens (tertiary/aromatic N) is 1. The maximum Gasteiger partial charge on any atom is 0.167 e. The predicted octanol–water partition coefficient (Wildman–Crippen LogP) is 3.68. The van der Waals surface area contributed by atoms with Crippen LogP contribution in [0.4, 0.5) is 0 Å². The van der Waals surface area contributed by atoms with Crippen LogP contribution in [0.15, 0.2) is 41.9 Å². The van der Waals surface area contributed by atoms with Crippen molar-refractivity contribution in [2.45, 2.75) is 0 Å². The predicted molar refractivity (Wildman–Crippen MR) is 73.3 cm³/mol. The molecule has 0 aliphatic carbocycles. The zero-order valence-corrected chi connectivity index (χ0v) is 10.6. The van der Waals surface area contributed by atoms with Gasteiger partial charge in [-0.05, 0) is 29.0 Å². The van der Waals surface area contributed by atoms with Crippen molar-refractivity contribution in [3.63, 3.8) is 0 Å². The summed E-state index contributed by atoms with van der Waals surface area (Å²) in [6.45, 7) is 0. The van der Waals surface area contributed by atoms with Gasteiger partial charge < -0.3 is 9.84 Å². The summed E-state index contributed by atoms with van der Waals surface area (Å²) >= 11 is 1.65. The highest BCUT2D eigenvalue weighted by molar-refractivity contribution is 7.13. The van der Waals surface area contributed by atoms with Crippen LogP contribution in [-0.2, 0) is 0 Å². The molecule has 0 aliphatic heterocycles. The van der Waals surface area contributed by atoms with E-state index < -0.39 is 0 Å². The summed E-state index contributed by atoms with van der Waals surface area (Å²) in [6, 6.07) is 9.68. The molecule has 2 heterocycles. The lowest BCUT2D eigenvalue weighted by Crippen LogP contribution is -1.86. The quantitative estimate of drug-likeness (QED) is 0.761. The molecule has 0 fully saturated rings. The van der Waals surface area contributed by atoms with Crippen molar-refractivity contribution in [2.75, 3.05) is 7.11 Å². The van der Waals surface area contributed by atoms with E-state index in [1.54, 1.807) is 23.6 Å². The molecule has 1 aromatic carbocycles. The number of hydrogen-bond donors (Lipinski definition) is 1. The Bertz CT molecular complexity index is 692. The monoisotopic (exact) mass is 257 g/mol. The topological polar surface area (TPSA) is 42.4 Å². The molecule has 4 heteroatoms. The van der Waals surface area contributed by atoms with Crippen molar-refractivity contribution in [3.05, 3.63) is 41.9 Å². The smallest absolute Gasteiger partial charge is 0.167 e. The van der Waals surface area contributed by atoms with Crippen molar-refractivity contribution in [2.24, 2.45) is 0 Å². The van der Waals surface area contributed by atoms with Gasteiger partial charge in [-0.25, -0.2) is 0 Å². The fourth-order valence-corrected chi connectivity index (χ4v) is 2.60. The number of benzene rings is 1. The molecule has 0 aliphatic rings. The average Bonchev–Trinajstić information content (AvgIpc) is 2.93. The Labute approximate surface area is 108 Å². The number of ether oxygens (including phenoxy) is 1. The van der Waals surface area contributed by atoms with Crippen LogP contribution in [0, 0.1) is 0 Å². The fourth-order valence-electron chi connectivity index (χ4n) is 1.91. The van der Waals surface area contributed by atoms with Gasteiger partial charge in [0.2, 0.25) is 0 Å². The Morgan fingerprint density at radius 3 is 2.89 bits per heavy atom. The molecule has 0 saturated heterocycles. The van der Waals surface area contributed by atoms with Crippen LogP contribution in [-0.4, -0.2) is 17.2 Å². The summed E-state index contributed by atoms with van der Waals surface area (Å²) in [5.41, 5.74) is 0.919. The minimum atomic E-state index is 0.139. The fraction of sp³-hybridized carbons (Fsp3) is 0.0714. The molecule has 3 rings (SSSR count). The number of fused-ring (bicyclic) bond motifs is 1. The van der Waals surface area contributed by atoms with Gasteiger partial charge in [-0.3, -0.25) is 4.98 Å². The molecule has 0 atom stereocenters. The van der Waals surface area contributed by atoms with Gasteiger partial charge in [-0.15, -0.1) is 11.3 Å². The van der Waals surface area contributed by atoms with Gasteiger partial charge in [0, 0.05) is 11.6 Å². The molecule has 90 valence electrons. The molecule has 0 unspecified atom stereocenters. The third-order valence-electron chi connectivity index (χ3n) is 2.83. The van der Waals surface area contributed by atoms with E-state index in [-0.39, 0.29) is 5.75 Å². The van der Waals surface area contributed by atoms with Crippen LogP contribution < -0.4 is 4.74 Å². The summed E-state index contributed by atoms with van der Waals surface area (Å²) < 4.78 is 5.08. The minimum Gasteiger partial charge on any atom is -0.504 e. The van der Waals surface area contributed by atoms with E-state index in [0.717, 1.165) is 16.0 Å². The second-order valence-electron chi connectivity index (χ2n) is 3.88. The van der Waals surface area contributed by atoms with Crippen LogP contribution in [0.3, 0.4) is 0 Å². The summed E-state index contributed by atoms with van der Waals surface area (Å²) in [4.78, 5) is 5.50. The van der Waals surface area contributed by atoms with Crippen molar-refractivity contribution in [1.82, 2.24) is 4.98 Å². The normalized spacial score (nSPS) is 10.7. The minimum absolute atomic E-state index is 0.139. The molecule has 18 heavy (non-hydrogen) atoms. The summed E-state index contributed by atoms with van der Waals surface area (Å²) in [7, 11) is 1.54. The Kier molecular flexibility index (Phi) is 2.64. The highest BCUT2D eigenvalue weighted by Gasteiger charge is 2.09. The number of aromatic hydroxyl groups is 1. The van der Waals surface area contributed by atoms with E-state index in [4.69, 9.17) is 4.74 Å². The van der Waals surface area contributed by atoms with Crippen LogP contribution in [0.5, 0.6) is 11.5 Å². The number of hydrogen-bond acceptors (Lipinski definition) is 4. The lowest BCUT2D eigenvalue weighted by atomic mass is 10.1. The highest BCUT2D eigenvalue weighted by Crippen LogP contribution is 2.35.